The maximum Gasteiger partial charge on any atom is 0.211 e. The van der Waals surface area contributed by atoms with Crippen molar-refractivity contribution >= 4 is 5.78 Å². The first-order valence-corrected chi connectivity index (χ1v) is 5.63. The number of ketones is 1. The van der Waals surface area contributed by atoms with Gasteiger partial charge in [-0.3, -0.25) is 9.78 Å². The van der Waals surface area contributed by atoms with Gasteiger partial charge in [-0.15, -0.1) is 0 Å². The molecule has 0 saturated heterocycles. The average molecular weight is 225 g/mol. The van der Waals surface area contributed by atoms with E-state index in [2.05, 4.69) is 11.9 Å². The van der Waals surface area contributed by atoms with Crippen molar-refractivity contribution in [2.24, 2.45) is 0 Å². The Morgan fingerprint density at radius 3 is 2.35 bits per heavy atom. The van der Waals surface area contributed by atoms with E-state index in [1.807, 2.05) is 38.1 Å². The summed E-state index contributed by atoms with van der Waals surface area (Å²) in [6, 6.07) is 9.38. The number of benzene rings is 1. The summed E-state index contributed by atoms with van der Waals surface area (Å²) in [5.74, 6) is -0.00815. The summed E-state index contributed by atoms with van der Waals surface area (Å²) >= 11 is 0. The summed E-state index contributed by atoms with van der Waals surface area (Å²) in [7, 11) is 0. The van der Waals surface area contributed by atoms with Gasteiger partial charge in [-0.25, -0.2) is 0 Å². The van der Waals surface area contributed by atoms with E-state index in [4.69, 9.17) is 0 Å². The Hall–Kier alpha value is -1.96. The van der Waals surface area contributed by atoms with Crippen LogP contribution in [0.4, 0.5) is 0 Å². The molecule has 2 rings (SSSR count). The third-order valence-corrected chi connectivity index (χ3v) is 2.98. The van der Waals surface area contributed by atoms with Gasteiger partial charge in [0.1, 0.15) is 5.69 Å². The van der Waals surface area contributed by atoms with Gasteiger partial charge in [0.05, 0.1) is 0 Å². The van der Waals surface area contributed by atoms with Gasteiger partial charge in [0, 0.05) is 11.8 Å². The van der Waals surface area contributed by atoms with Gasteiger partial charge in [0.15, 0.2) is 0 Å². The third kappa shape index (κ3) is 2.26. The minimum absolute atomic E-state index is 0.00815. The highest BCUT2D eigenvalue weighted by Gasteiger charge is 2.13. The molecular formula is C15H15NO. The molecule has 1 aromatic heterocycles. The summed E-state index contributed by atoms with van der Waals surface area (Å²) in [6.45, 7) is 6.03. The number of hydrogen-bond donors (Lipinski definition) is 0. The van der Waals surface area contributed by atoms with Crippen LogP contribution in [0.2, 0.25) is 0 Å². The van der Waals surface area contributed by atoms with E-state index >= 15 is 0 Å². The smallest absolute Gasteiger partial charge is 0.211 e. The molecule has 2 heteroatoms. The number of carbonyl (C=O) groups is 1. The number of aryl methyl sites for hydroxylation is 3. The van der Waals surface area contributed by atoms with Crippen LogP contribution < -0.4 is 0 Å². The van der Waals surface area contributed by atoms with Crippen molar-refractivity contribution in [2.75, 3.05) is 0 Å². The van der Waals surface area contributed by atoms with Gasteiger partial charge in [-0.2, -0.15) is 0 Å². The Bertz CT molecular complexity index is 559. The molecule has 2 nitrogen and oxygen atoms in total. The largest absolute Gasteiger partial charge is 0.287 e. The van der Waals surface area contributed by atoms with Crippen LogP contribution in [0.25, 0.3) is 0 Å². The predicted molar refractivity (Wildman–Crippen MR) is 68.3 cm³/mol. The van der Waals surface area contributed by atoms with Gasteiger partial charge in [0.25, 0.3) is 0 Å². The summed E-state index contributed by atoms with van der Waals surface area (Å²) in [5, 5.41) is 0. The minimum Gasteiger partial charge on any atom is -0.287 e. The van der Waals surface area contributed by atoms with Crippen LogP contribution in [0.1, 0.15) is 32.7 Å². The molecule has 0 N–H and O–H groups in total. The van der Waals surface area contributed by atoms with Gasteiger partial charge in [0.2, 0.25) is 5.78 Å². The third-order valence-electron chi connectivity index (χ3n) is 2.98. The summed E-state index contributed by atoms with van der Waals surface area (Å²) < 4.78 is 0. The number of aromatic nitrogens is 1. The lowest BCUT2D eigenvalue weighted by Crippen LogP contribution is -2.06. The standard InChI is InChI=1S/C15H15NO/c1-10-8-12(3)13(9-11(10)2)15(17)14-6-4-5-7-16-14/h4-9H,1-3H3. The fourth-order valence-electron chi connectivity index (χ4n) is 1.84. The zero-order chi connectivity index (χ0) is 12.4. The zero-order valence-electron chi connectivity index (χ0n) is 10.3. The monoisotopic (exact) mass is 225 g/mol. The van der Waals surface area contributed by atoms with Crippen LogP contribution in [0.5, 0.6) is 0 Å². The fourth-order valence-corrected chi connectivity index (χ4v) is 1.84. The summed E-state index contributed by atoms with van der Waals surface area (Å²) in [4.78, 5) is 16.4. The number of hydrogen-bond acceptors (Lipinski definition) is 2. The van der Waals surface area contributed by atoms with Crippen LogP contribution in [0.3, 0.4) is 0 Å². The lowest BCUT2D eigenvalue weighted by molar-refractivity contribution is 0.103. The van der Waals surface area contributed by atoms with Crippen LogP contribution in [0.15, 0.2) is 36.5 Å². The van der Waals surface area contributed by atoms with E-state index in [-0.39, 0.29) is 5.78 Å². The Labute approximate surface area is 101 Å². The Balaban J connectivity index is 2.48. The maximum absolute atomic E-state index is 12.3. The highest BCUT2D eigenvalue weighted by molar-refractivity contribution is 6.08. The lowest BCUT2D eigenvalue weighted by Gasteiger charge is -2.08. The highest BCUT2D eigenvalue weighted by atomic mass is 16.1. The molecule has 1 aromatic carbocycles. The molecule has 0 fully saturated rings. The molecule has 0 atom stereocenters. The fraction of sp³-hybridized carbons (Fsp3) is 0.200. The number of nitrogens with zero attached hydrogens (tertiary/aromatic N) is 1. The second-order valence-electron chi connectivity index (χ2n) is 4.30. The molecule has 0 aliphatic carbocycles. The van der Waals surface area contributed by atoms with E-state index in [1.165, 1.54) is 5.56 Å². The van der Waals surface area contributed by atoms with E-state index in [0.29, 0.717) is 5.69 Å². The second kappa shape index (κ2) is 4.50. The van der Waals surface area contributed by atoms with Gasteiger partial charge >= 0.3 is 0 Å². The number of rotatable bonds is 2. The van der Waals surface area contributed by atoms with Crippen LogP contribution >= 0.6 is 0 Å². The number of pyridine rings is 1. The molecule has 0 spiro atoms. The lowest BCUT2D eigenvalue weighted by atomic mass is 9.97. The molecule has 17 heavy (non-hydrogen) atoms. The Morgan fingerprint density at radius 2 is 1.71 bits per heavy atom. The molecule has 0 amide bonds. The normalized spacial score (nSPS) is 10.3. The van der Waals surface area contributed by atoms with Crippen molar-refractivity contribution in [2.45, 2.75) is 20.8 Å². The topological polar surface area (TPSA) is 30.0 Å². The first-order valence-electron chi connectivity index (χ1n) is 5.63. The summed E-state index contributed by atoms with van der Waals surface area (Å²) in [6.07, 6.45) is 1.64. The van der Waals surface area contributed by atoms with Gasteiger partial charge in [-0.1, -0.05) is 12.1 Å². The average Bonchev–Trinajstić information content (AvgIpc) is 2.34. The Morgan fingerprint density at radius 1 is 1.00 bits per heavy atom. The molecule has 86 valence electrons. The molecule has 0 aliphatic heterocycles. The van der Waals surface area contributed by atoms with Crippen molar-refractivity contribution in [3.63, 3.8) is 0 Å². The number of carbonyl (C=O) groups excluding carboxylic acids is 1. The minimum atomic E-state index is -0.00815. The second-order valence-corrected chi connectivity index (χ2v) is 4.30. The molecule has 0 radical (unpaired) electrons. The van der Waals surface area contributed by atoms with Crippen molar-refractivity contribution in [1.82, 2.24) is 4.98 Å². The predicted octanol–water partition coefficient (Wildman–Crippen LogP) is 3.24. The molecular weight excluding hydrogens is 210 g/mol. The quantitative estimate of drug-likeness (QED) is 0.734. The molecule has 1 heterocycles. The van der Waals surface area contributed by atoms with Crippen LogP contribution in [0, 0.1) is 20.8 Å². The molecule has 0 saturated carbocycles. The van der Waals surface area contributed by atoms with E-state index in [0.717, 1.165) is 16.7 Å². The van der Waals surface area contributed by atoms with Gasteiger partial charge in [-0.05, 0) is 55.7 Å². The SMILES string of the molecule is Cc1cc(C)c(C(=O)c2ccccn2)cc1C. The van der Waals surface area contributed by atoms with Crippen molar-refractivity contribution < 1.29 is 4.79 Å². The molecule has 0 aliphatic rings. The van der Waals surface area contributed by atoms with E-state index < -0.39 is 0 Å². The summed E-state index contributed by atoms with van der Waals surface area (Å²) in [5.41, 5.74) is 4.59. The van der Waals surface area contributed by atoms with Gasteiger partial charge < -0.3 is 0 Å². The van der Waals surface area contributed by atoms with Crippen molar-refractivity contribution in [3.8, 4) is 0 Å². The van der Waals surface area contributed by atoms with Crippen molar-refractivity contribution in [3.05, 3.63) is 64.5 Å². The van der Waals surface area contributed by atoms with E-state index in [9.17, 15) is 4.79 Å². The first-order chi connectivity index (χ1) is 8.09. The maximum atomic E-state index is 12.3. The molecule has 0 unspecified atom stereocenters. The van der Waals surface area contributed by atoms with Crippen LogP contribution in [-0.4, -0.2) is 10.8 Å². The van der Waals surface area contributed by atoms with E-state index in [1.54, 1.807) is 12.3 Å². The zero-order valence-corrected chi connectivity index (χ0v) is 10.3. The molecule has 0 bridgehead atoms. The highest BCUT2D eigenvalue weighted by Crippen LogP contribution is 2.17. The van der Waals surface area contributed by atoms with Crippen molar-refractivity contribution in [1.29, 1.82) is 0 Å². The molecule has 2 aromatic rings. The van der Waals surface area contributed by atoms with Crippen LogP contribution in [-0.2, 0) is 0 Å². The Kier molecular flexibility index (Phi) is 3.05. The first kappa shape index (κ1) is 11.5.